The highest BCUT2D eigenvalue weighted by molar-refractivity contribution is 6.02. The SMILES string of the molecule is C[C@@H]1CCCCO[C@@H](CN(C)C(=O)NC2CCCCC2)[C@H](C)CN([C@@H](C)CO)C(=O)c2cc(NC(=O)Nc3ccc4c(c3)OCO4)ccc2O1. The van der Waals surface area contributed by atoms with Crippen LogP contribution in [0.5, 0.6) is 17.2 Å². The molecule has 0 aromatic heterocycles. The van der Waals surface area contributed by atoms with E-state index in [4.69, 9.17) is 18.9 Å². The van der Waals surface area contributed by atoms with Gasteiger partial charge in [0, 0.05) is 56.1 Å². The number of ether oxygens (including phenoxy) is 4. The van der Waals surface area contributed by atoms with Gasteiger partial charge in [0.15, 0.2) is 11.5 Å². The molecule has 13 nitrogen and oxygen atoms in total. The number of hydrogen-bond donors (Lipinski definition) is 4. The molecule has 5 amide bonds. The number of nitrogens with one attached hydrogen (secondary N) is 3. The molecule has 0 radical (unpaired) electrons. The van der Waals surface area contributed by atoms with E-state index in [2.05, 4.69) is 16.0 Å². The Morgan fingerprint density at radius 3 is 2.36 bits per heavy atom. The maximum absolute atomic E-state index is 14.4. The quantitative estimate of drug-likeness (QED) is 0.283. The summed E-state index contributed by atoms with van der Waals surface area (Å²) in [4.78, 5) is 43.9. The van der Waals surface area contributed by atoms with Gasteiger partial charge in [-0.15, -0.1) is 0 Å². The fourth-order valence-electron chi connectivity index (χ4n) is 6.62. The third kappa shape index (κ3) is 9.94. The summed E-state index contributed by atoms with van der Waals surface area (Å²) in [5.41, 5.74) is 1.18. The van der Waals surface area contributed by atoms with Crippen molar-refractivity contribution < 1.29 is 38.4 Å². The van der Waals surface area contributed by atoms with Crippen molar-refractivity contribution in [3.63, 3.8) is 0 Å². The number of amides is 5. The summed E-state index contributed by atoms with van der Waals surface area (Å²) >= 11 is 0. The van der Waals surface area contributed by atoms with Crippen LogP contribution in [0.15, 0.2) is 36.4 Å². The Morgan fingerprint density at radius 2 is 1.62 bits per heavy atom. The molecule has 4 atom stereocenters. The van der Waals surface area contributed by atoms with Gasteiger partial charge in [0.25, 0.3) is 5.91 Å². The van der Waals surface area contributed by atoms with Crippen LogP contribution in [0.1, 0.15) is 82.5 Å². The summed E-state index contributed by atoms with van der Waals surface area (Å²) in [6, 6.07) is 9.15. The van der Waals surface area contributed by atoms with E-state index < -0.39 is 12.1 Å². The van der Waals surface area contributed by atoms with E-state index >= 15 is 0 Å². The lowest BCUT2D eigenvalue weighted by Gasteiger charge is -2.36. The second-order valence-corrected chi connectivity index (χ2v) is 13.8. The van der Waals surface area contributed by atoms with E-state index in [1.165, 1.54) is 6.42 Å². The smallest absolute Gasteiger partial charge is 0.323 e. The molecule has 1 aliphatic carbocycles. The summed E-state index contributed by atoms with van der Waals surface area (Å²) in [6.07, 6.45) is 7.35. The molecule has 50 heavy (non-hydrogen) atoms. The van der Waals surface area contributed by atoms with Crippen LogP contribution in [0.25, 0.3) is 0 Å². The number of anilines is 2. The summed E-state index contributed by atoms with van der Waals surface area (Å²) in [5, 5.41) is 19.1. The maximum atomic E-state index is 14.4. The Bertz CT molecular complexity index is 1470. The van der Waals surface area contributed by atoms with Gasteiger partial charge in [-0.3, -0.25) is 4.79 Å². The zero-order chi connectivity index (χ0) is 35.6. The summed E-state index contributed by atoms with van der Waals surface area (Å²) in [5.74, 6) is 1.02. The maximum Gasteiger partial charge on any atom is 0.323 e. The van der Waals surface area contributed by atoms with Crippen LogP contribution in [0, 0.1) is 5.92 Å². The predicted molar refractivity (Wildman–Crippen MR) is 190 cm³/mol. The second kappa shape index (κ2) is 17.6. The van der Waals surface area contributed by atoms with Gasteiger partial charge in [0.2, 0.25) is 6.79 Å². The molecule has 4 N–H and O–H groups in total. The fourth-order valence-corrected chi connectivity index (χ4v) is 6.62. The Hall–Kier alpha value is -4.23. The fraction of sp³-hybridized carbons (Fsp3) is 0.595. The van der Waals surface area contributed by atoms with Gasteiger partial charge in [-0.1, -0.05) is 26.2 Å². The number of aliphatic hydroxyl groups excluding tert-OH is 1. The zero-order valence-electron chi connectivity index (χ0n) is 29.7. The molecular weight excluding hydrogens is 642 g/mol. The van der Waals surface area contributed by atoms with Crippen molar-refractivity contribution in [2.45, 2.75) is 96.4 Å². The summed E-state index contributed by atoms with van der Waals surface area (Å²) in [6.45, 7) is 6.77. The van der Waals surface area contributed by atoms with Crippen molar-refractivity contribution in [2.24, 2.45) is 5.92 Å². The van der Waals surface area contributed by atoms with Gasteiger partial charge in [-0.2, -0.15) is 0 Å². The second-order valence-electron chi connectivity index (χ2n) is 13.8. The van der Waals surface area contributed by atoms with Crippen molar-refractivity contribution in [1.82, 2.24) is 15.1 Å². The number of fused-ring (bicyclic) bond motifs is 2. The van der Waals surface area contributed by atoms with Crippen molar-refractivity contribution in [2.75, 3.05) is 50.8 Å². The molecule has 0 bridgehead atoms. The number of carbonyl (C=O) groups is 3. The molecular formula is C37H53N5O8. The minimum absolute atomic E-state index is 0.119. The van der Waals surface area contributed by atoms with Gasteiger partial charge < -0.3 is 49.8 Å². The molecule has 3 aliphatic rings. The molecule has 0 saturated heterocycles. The summed E-state index contributed by atoms with van der Waals surface area (Å²) < 4.78 is 23.5. The highest BCUT2D eigenvalue weighted by Crippen LogP contribution is 2.34. The molecule has 13 heteroatoms. The monoisotopic (exact) mass is 695 g/mol. The first-order valence-electron chi connectivity index (χ1n) is 17.9. The van der Waals surface area contributed by atoms with Gasteiger partial charge in [-0.25, -0.2) is 9.59 Å². The molecule has 5 rings (SSSR count). The first-order valence-corrected chi connectivity index (χ1v) is 17.9. The highest BCUT2D eigenvalue weighted by Gasteiger charge is 2.31. The van der Waals surface area contributed by atoms with Gasteiger partial charge >= 0.3 is 12.1 Å². The lowest BCUT2D eigenvalue weighted by molar-refractivity contribution is -0.0123. The highest BCUT2D eigenvalue weighted by atomic mass is 16.7. The Morgan fingerprint density at radius 1 is 0.940 bits per heavy atom. The van der Waals surface area contributed by atoms with Crippen LogP contribution in [0.4, 0.5) is 21.0 Å². The Balaban J connectivity index is 1.34. The Labute approximate surface area is 294 Å². The largest absolute Gasteiger partial charge is 0.490 e. The van der Waals surface area contributed by atoms with E-state index in [-0.39, 0.29) is 61.6 Å². The standard InChI is InChI=1S/C37H53N5O8/c1-24-20-42(25(2)22-43)35(44)30-18-28(38-36(45)39-29-14-16-32-33(19-29)49-23-48-32)13-15-31(30)50-26(3)10-8-9-17-47-34(24)21-41(4)37(46)40-27-11-6-5-7-12-27/h13-16,18-19,24-27,34,43H,5-12,17,20-23H2,1-4H3,(H,40,46)(H2,38,39,45)/t24-,25+,26-,34+/m1/s1. The van der Waals surface area contributed by atoms with E-state index in [0.717, 1.165) is 44.9 Å². The van der Waals surface area contributed by atoms with Crippen molar-refractivity contribution in [1.29, 1.82) is 0 Å². The number of carbonyl (C=O) groups excluding carboxylic acids is 3. The van der Waals surface area contributed by atoms with E-state index in [9.17, 15) is 19.5 Å². The first kappa shape index (κ1) is 37.0. The van der Waals surface area contributed by atoms with Gasteiger partial charge in [-0.05, 0) is 76.3 Å². The average molecular weight is 696 g/mol. The number of nitrogens with zero attached hydrogens (tertiary/aromatic N) is 2. The third-order valence-electron chi connectivity index (χ3n) is 9.67. The van der Waals surface area contributed by atoms with Crippen LogP contribution in [-0.4, -0.2) is 97.3 Å². The zero-order valence-corrected chi connectivity index (χ0v) is 29.7. The van der Waals surface area contributed by atoms with Crippen molar-refractivity contribution in [3.8, 4) is 17.2 Å². The molecule has 2 aromatic rings. The van der Waals surface area contributed by atoms with Gasteiger partial charge in [0.05, 0.1) is 30.4 Å². The first-order chi connectivity index (χ1) is 24.1. The number of aliphatic hydroxyl groups is 1. The summed E-state index contributed by atoms with van der Waals surface area (Å²) in [7, 11) is 1.78. The minimum Gasteiger partial charge on any atom is -0.490 e. The molecule has 2 aromatic carbocycles. The van der Waals surface area contributed by atoms with Crippen LogP contribution in [-0.2, 0) is 4.74 Å². The van der Waals surface area contributed by atoms with Crippen molar-refractivity contribution >= 4 is 29.3 Å². The van der Waals surface area contributed by atoms with Crippen LogP contribution in [0.2, 0.25) is 0 Å². The number of urea groups is 2. The topological polar surface area (TPSA) is 151 Å². The normalized spacial score (nSPS) is 22.4. The number of hydrogen-bond acceptors (Lipinski definition) is 8. The van der Waals surface area contributed by atoms with E-state index in [1.807, 2.05) is 13.8 Å². The number of rotatable bonds is 7. The molecule has 1 fully saturated rings. The van der Waals surface area contributed by atoms with E-state index in [1.54, 1.807) is 60.2 Å². The van der Waals surface area contributed by atoms with Gasteiger partial charge in [0.1, 0.15) is 5.75 Å². The molecule has 1 saturated carbocycles. The number of benzene rings is 2. The molecule has 0 unspecified atom stereocenters. The predicted octanol–water partition coefficient (Wildman–Crippen LogP) is 5.83. The van der Waals surface area contributed by atoms with Crippen molar-refractivity contribution in [3.05, 3.63) is 42.0 Å². The minimum atomic E-state index is -0.526. The van der Waals surface area contributed by atoms with Crippen LogP contribution in [0.3, 0.4) is 0 Å². The lowest BCUT2D eigenvalue weighted by atomic mass is 9.96. The molecule has 2 heterocycles. The lowest BCUT2D eigenvalue weighted by Crippen LogP contribution is -2.50. The molecule has 2 aliphatic heterocycles. The van der Waals surface area contributed by atoms with E-state index in [0.29, 0.717) is 41.8 Å². The molecule has 274 valence electrons. The average Bonchev–Trinajstić information content (AvgIpc) is 3.58. The van der Waals surface area contributed by atoms with Crippen LogP contribution < -0.4 is 30.2 Å². The Kier molecular flexibility index (Phi) is 13.1. The molecule has 0 spiro atoms. The number of likely N-dealkylation sites (N-methyl/N-ethyl adjacent to an activating group) is 1. The third-order valence-corrected chi connectivity index (χ3v) is 9.67. The van der Waals surface area contributed by atoms with Crippen LogP contribution >= 0.6 is 0 Å².